The average Bonchev–Trinajstić information content (AvgIpc) is 2.89. The van der Waals surface area contributed by atoms with Crippen LogP contribution >= 0.6 is 0 Å². The highest BCUT2D eigenvalue weighted by Gasteiger charge is 2.46. The van der Waals surface area contributed by atoms with Crippen molar-refractivity contribution in [3.05, 3.63) is 108 Å². The Hall–Kier alpha value is -2.58. The molecule has 0 amide bonds. The van der Waals surface area contributed by atoms with E-state index in [0.29, 0.717) is 26.4 Å². The van der Waals surface area contributed by atoms with Crippen molar-refractivity contribution in [1.29, 1.82) is 0 Å². The first kappa shape index (κ1) is 24.5. The second-order valence-electron chi connectivity index (χ2n) is 8.38. The van der Waals surface area contributed by atoms with Gasteiger partial charge in [0.05, 0.1) is 32.5 Å². The Bertz CT molecular complexity index is 956. The molecule has 6 heteroatoms. The molecular formula is C28H33NO5. The van der Waals surface area contributed by atoms with Gasteiger partial charge in [0.15, 0.2) is 6.29 Å². The van der Waals surface area contributed by atoms with Gasteiger partial charge in [-0.15, -0.1) is 0 Å². The quantitative estimate of drug-likeness (QED) is 0.462. The predicted octanol–water partition coefficient (Wildman–Crippen LogP) is 4.07. The van der Waals surface area contributed by atoms with Crippen LogP contribution in [0.5, 0.6) is 0 Å². The van der Waals surface area contributed by atoms with E-state index >= 15 is 0 Å². The fourth-order valence-corrected chi connectivity index (χ4v) is 4.05. The van der Waals surface area contributed by atoms with Crippen molar-refractivity contribution >= 4 is 0 Å². The molecule has 3 aromatic rings. The van der Waals surface area contributed by atoms with E-state index < -0.39 is 30.6 Å². The highest BCUT2D eigenvalue weighted by atomic mass is 16.7. The van der Waals surface area contributed by atoms with E-state index in [1.807, 2.05) is 91.0 Å². The highest BCUT2D eigenvalue weighted by Crippen LogP contribution is 2.27. The van der Waals surface area contributed by atoms with Gasteiger partial charge in [-0.2, -0.15) is 0 Å². The van der Waals surface area contributed by atoms with E-state index in [0.717, 1.165) is 16.7 Å². The van der Waals surface area contributed by atoms with Crippen molar-refractivity contribution < 1.29 is 23.7 Å². The summed E-state index contributed by atoms with van der Waals surface area (Å²) in [4.78, 5) is 0. The van der Waals surface area contributed by atoms with Crippen LogP contribution in [0.1, 0.15) is 16.7 Å². The molecule has 0 aromatic heterocycles. The van der Waals surface area contributed by atoms with Gasteiger partial charge in [0.1, 0.15) is 18.3 Å². The molecule has 0 bridgehead atoms. The van der Waals surface area contributed by atoms with Gasteiger partial charge >= 0.3 is 0 Å². The molecule has 0 spiro atoms. The lowest BCUT2D eigenvalue weighted by Gasteiger charge is -2.44. The molecule has 3 aromatic carbocycles. The van der Waals surface area contributed by atoms with Gasteiger partial charge in [-0.1, -0.05) is 91.0 Å². The summed E-state index contributed by atoms with van der Waals surface area (Å²) in [6.45, 7) is 1.63. The molecule has 6 nitrogen and oxygen atoms in total. The maximum absolute atomic E-state index is 6.68. The highest BCUT2D eigenvalue weighted by molar-refractivity contribution is 5.15. The molecule has 1 heterocycles. The molecule has 0 saturated carbocycles. The SMILES string of the molecule is CO[C@H]1O[C@H](COCc2ccccc2)[C@H](N)[C@H](OCc2ccccc2)[C@H]1OCc1ccccc1. The van der Waals surface area contributed by atoms with Crippen LogP contribution in [0.3, 0.4) is 0 Å². The summed E-state index contributed by atoms with van der Waals surface area (Å²) in [5, 5.41) is 0. The van der Waals surface area contributed by atoms with Crippen LogP contribution in [-0.2, 0) is 43.5 Å². The number of rotatable bonds is 11. The van der Waals surface area contributed by atoms with Gasteiger partial charge in [0.2, 0.25) is 0 Å². The third kappa shape index (κ3) is 6.73. The molecule has 4 rings (SSSR count). The maximum Gasteiger partial charge on any atom is 0.186 e. The van der Waals surface area contributed by atoms with Crippen LogP contribution in [0.4, 0.5) is 0 Å². The van der Waals surface area contributed by atoms with Gasteiger partial charge in [0, 0.05) is 7.11 Å². The third-order valence-electron chi connectivity index (χ3n) is 5.91. The summed E-state index contributed by atoms with van der Waals surface area (Å²) in [5.41, 5.74) is 9.89. The number of nitrogens with two attached hydrogens (primary N) is 1. The molecule has 5 atom stereocenters. The molecule has 0 aliphatic carbocycles. The number of ether oxygens (including phenoxy) is 5. The smallest absolute Gasteiger partial charge is 0.186 e. The topological polar surface area (TPSA) is 72.2 Å². The van der Waals surface area contributed by atoms with Crippen LogP contribution in [0, 0.1) is 0 Å². The van der Waals surface area contributed by atoms with Crippen molar-refractivity contribution in [3.8, 4) is 0 Å². The van der Waals surface area contributed by atoms with Crippen molar-refractivity contribution in [2.24, 2.45) is 5.73 Å². The molecule has 180 valence electrons. The monoisotopic (exact) mass is 463 g/mol. The zero-order valence-corrected chi connectivity index (χ0v) is 19.5. The van der Waals surface area contributed by atoms with E-state index in [2.05, 4.69) is 0 Å². The van der Waals surface area contributed by atoms with E-state index in [-0.39, 0.29) is 0 Å². The zero-order valence-electron chi connectivity index (χ0n) is 19.5. The normalized spacial score (nSPS) is 24.7. The molecule has 0 radical (unpaired) electrons. The minimum absolute atomic E-state index is 0.326. The van der Waals surface area contributed by atoms with Crippen LogP contribution in [-0.4, -0.2) is 44.4 Å². The van der Waals surface area contributed by atoms with Crippen LogP contribution in [0.2, 0.25) is 0 Å². The standard InChI is InChI=1S/C28H33NO5/c1-30-28-27(33-19-23-15-9-4-10-16-23)26(32-18-22-13-7-3-8-14-22)25(29)24(34-28)20-31-17-21-11-5-2-6-12-21/h2-16,24-28H,17-20,29H2,1H3/t24-,25+,26+,27-,28+/m1/s1. The summed E-state index contributed by atoms with van der Waals surface area (Å²) in [7, 11) is 1.61. The van der Waals surface area contributed by atoms with Crippen molar-refractivity contribution in [2.75, 3.05) is 13.7 Å². The second kappa shape index (κ2) is 12.8. The largest absolute Gasteiger partial charge is 0.374 e. The fourth-order valence-electron chi connectivity index (χ4n) is 4.05. The van der Waals surface area contributed by atoms with Gasteiger partial charge < -0.3 is 29.4 Å². The van der Waals surface area contributed by atoms with E-state index in [4.69, 9.17) is 29.4 Å². The summed E-state index contributed by atoms with van der Waals surface area (Å²) >= 11 is 0. The average molecular weight is 464 g/mol. The first-order valence-electron chi connectivity index (χ1n) is 11.6. The van der Waals surface area contributed by atoms with E-state index in [9.17, 15) is 0 Å². The minimum Gasteiger partial charge on any atom is -0.374 e. The van der Waals surface area contributed by atoms with Gasteiger partial charge in [-0.25, -0.2) is 0 Å². The molecule has 1 aliphatic rings. The zero-order chi connectivity index (χ0) is 23.6. The molecule has 1 fully saturated rings. The number of methoxy groups -OCH3 is 1. The Morgan fingerprint density at radius 2 is 1.15 bits per heavy atom. The predicted molar refractivity (Wildman–Crippen MR) is 130 cm³/mol. The fraction of sp³-hybridized carbons (Fsp3) is 0.357. The second-order valence-corrected chi connectivity index (χ2v) is 8.38. The van der Waals surface area contributed by atoms with Gasteiger partial charge in [-0.05, 0) is 16.7 Å². The lowest BCUT2D eigenvalue weighted by Crippen LogP contribution is -2.64. The molecule has 2 N–H and O–H groups in total. The first-order valence-corrected chi connectivity index (χ1v) is 11.6. The Morgan fingerprint density at radius 1 is 0.676 bits per heavy atom. The molecule has 1 aliphatic heterocycles. The number of benzene rings is 3. The lowest BCUT2D eigenvalue weighted by molar-refractivity contribution is -0.291. The van der Waals surface area contributed by atoms with Gasteiger partial charge in [0.25, 0.3) is 0 Å². The number of hydrogen-bond donors (Lipinski definition) is 1. The lowest BCUT2D eigenvalue weighted by atomic mass is 9.96. The summed E-state index contributed by atoms with van der Waals surface area (Å²) < 4.78 is 30.4. The first-order chi connectivity index (χ1) is 16.7. The van der Waals surface area contributed by atoms with Crippen LogP contribution < -0.4 is 5.73 Å². The summed E-state index contributed by atoms with van der Waals surface area (Å²) in [6, 6.07) is 29.6. The van der Waals surface area contributed by atoms with E-state index in [1.54, 1.807) is 7.11 Å². The van der Waals surface area contributed by atoms with E-state index in [1.165, 1.54) is 0 Å². The molecule has 34 heavy (non-hydrogen) atoms. The Labute approximate surface area is 201 Å². The molecule has 0 unspecified atom stereocenters. The Morgan fingerprint density at radius 3 is 1.65 bits per heavy atom. The molecule has 1 saturated heterocycles. The summed E-state index contributed by atoms with van der Waals surface area (Å²) in [6.07, 6.45) is -1.96. The Balaban J connectivity index is 1.44. The minimum atomic E-state index is -0.630. The molecular weight excluding hydrogens is 430 g/mol. The Kier molecular flexibility index (Phi) is 9.21. The van der Waals surface area contributed by atoms with Gasteiger partial charge in [-0.3, -0.25) is 0 Å². The number of hydrogen-bond acceptors (Lipinski definition) is 6. The maximum atomic E-state index is 6.68. The summed E-state index contributed by atoms with van der Waals surface area (Å²) in [5.74, 6) is 0. The van der Waals surface area contributed by atoms with Crippen LogP contribution in [0.15, 0.2) is 91.0 Å². The van der Waals surface area contributed by atoms with Crippen molar-refractivity contribution in [2.45, 2.75) is 50.5 Å². The van der Waals surface area contributed by atoms with Crippen LogP contribution in [0.25, 0.3) is 0 Å². The van der Waals surface area contributed by atoms with Crippen molar-refractivity contribution in [1.82, 2.24) is 0 Å². The third-order valence-corrected chi connectivity index (χ3v) is 5.91. The van der Waals surface area contributed by atoms with Crippen molar-refractivity contribution in [3.63, 3.8) is 0 Å².